The number of rotatable bonds is 2. The molecular weight excluding hydrogens is 318 g/mol. The van der Waals surface area contributed by atoms with Crippen molar-refractivity contribution in [2.45, 2.75) is 24.9 Å². The molecule has 0 saturated carbocycles. The highest BCUT2D eigenvalue weighted by Crippen LogP contribution is 2.32. The predicted octanol–water partition coefficient (Wildman–Crippen LogP) is -0.188. The number of aromatic nitrogens is 4. The van der Waals surface area contributed by atoms with Crippen LogP contribution in [0.1, 0.15) is 12.6 Å². The van der Waals surface area contributed by atoms with Gasteiger partial charge in [0.25, 0.3) is 0 Å². The van der Waals surface area contributed by atoms with Gasteiger partial charge >= 0.3 is 0 Å². The number of hydrogen-bond donors (Lipinski definition) is 3. The maximum Gasteiger partial charge on any atom is 0.200 e. The molecule has 2 aromatic heterocycles. The van der Waals surface area contributed by atoms with Crippen molar-refractivity contribution in [2.75, 3.05) is 12.3 Å². The Morgan fingerprint density at radius 3 is 3.00 bits per heavy atom. The van der Waals surface area contributed by atoms with Crippen LogP contribution in [0.15, 0.2) is 11.1 Å². The van der Waals surface area contributed by atoms with Gasteiger partial charge in [0.1, 0.15) is 17.8 Å². The molecule has 0 bridgehead atoms. The molecule has 0 radical (unpaired) electrons. The van der Waals surface area contributed by atoms with Crippen LogP contribution < -0.4 is 5.73 Å². The molecule has 2 aromatic rings. The number of aliphatic hydroxyl groups excluding tert-OH is 2. The molecule has 102 valence electrons. The van der Waals surface area contributed by atoms with E-state index in [1.165, 1.54) is 0 Å². The van der Waals surface area contributed by atoms with Crippen molar-refractivity contribution in [3.63, 3.8) is 0 Å². The average Bonchev–Trinajstić information content (AvgIpc) is 2.92. The van der Waals surface area contributed by atoms with Crippen LogP contribution in [0.3, 0.4) is 0 Å². The van der Waals surface area contributed by atoms with Crippen molar-refractivity contribution in [3.05, 3.63) is 11.1 Å². The zero-order chi connectivity index (χ0) is 13.6. The van der Waals surface area contributed by atoms with E-state index < -0.39 is 18.4 Å². The number of imidazole rings is 1. The van der Waals surface area contributed by atoms with Crippen molar-refractivity contribution in [1.82, 2.24) is 19.5 Å². The van der Waals surface area contributed by atoms with E-state index in [2.05, 4.69) is 30.9 Å². The number of fused-ring (bicyclic) bond motifs is 1. The summed E-state index contributed by atoms with van der Waals surface area (Å²) in [5, 5.41) is 18.8. The Morgan fingerprint density at radius 1 is 1.53 bits per heavy atom. The first-order valence-corrected chi connectivity index (χ1v) is 6.49. The number of aliphatic hydroxyl groups is 2. The summed E-state index contributed by atoms with van der Waals surface area (Å²) in [5.74, 6) is 0.278. The number of halogens is 1. The largest absolute Gasteiger partial charge is 0.394 e. The van der Waals surface area contributed by atoms with E-state index in [4.69, 9.17) is 15.6 Å². The predicted molar refractivity (Wildman–Crippen MR) is 69.1 cm³/mol. The fourth-order valence-corrected chi connectivity index (χ4v) is 2.57. The fraction of sp³-hybridized carbons (Fsp3) is 0.500. The summed E-state index contributed by atoms with van der Waals surface area (Å²) in [7, 11) is 0. The molecule has 0 amide bonds. The Hall–Kier alpha value is -1.29. The highest BCUT2D eigenvalue weighted by atomic mass is 79.9. The summed E-state index contributed by atoms with van der Waals surface area (Å²) >= 11 is 3.15. The minimum Gasteiger partial charge on any atom is -0.394 e. The molecule has 3 atom stereocenters. The highest BCUT2D eigenvalue weighted by molar-refractivity contribution is 9.10. The van der Waals surface area contributed by atoms with Gasteiger partial charge in [-0.25, -0.2) is 15.0 Å². The lowest BCUT2D eigenvalue weighted by Gasteiger charge is -2.14. The van der Waals surface area contributed by atoms with Gasteiger partial charge in [0.2, 0.25) is 4.73 Å². The summed E-state index contributed by atoms with van der Waals surface area (Å²) in [6, 6.07) is 0. The number of nitrogens with two attached hydrogens (primary N) is 1. The van der Waals surface area contributed by atoms with E-state index in [1.807, 2.05) is 0 Å². The van der Waals surface area contributed by atoms with Crippen LogP contribution in [0.4, 0.5) is 5.82 Å². The van der Waals surface area contributed by atoms with Gasteiger partial charge in [-0.15, -0.1) is 0 Å². The summed E-state index contributed by atoms with van der Waals surface area (Å²) in [5.41, 5.74) is 6.87. The van der Waals surface area contributed by atoms with Crippen LogP contribution in [0.25, 0.3) is 11.2 Å². The maximum atomic E-state index is 9.75. The molecule has 0 aromatic carbocycles. The van der Waals surface area contributed by atoms with E-state index in [1.54, 1.807) is 10.9 Å². The molecule has 1 aliphatic rings. The van der Waals surface area contributed by atoms with E-state index >= 15 is 0 Å². The Bertz CT molecular complexity index is 618. The molecule has 4 N–H and O–H groups in total. The van der Waals surface area contributed by atoms with Gasteiger partial charge in [0.15, 0.2) is 11.5 Å². The fourth-order valence-electron chi connectivity index (χ4n) is 2.21. The minimum atomic E-state index is -0.718. The molecule has 3 unspecified atom stereocenters. The molecule has 9 heteroatoms. The van der Waals surface area contributed by atoms with Gasteiger partial charge in [-0.1, -0.05) is 0 Å². The van der Waals surface area contributed by atoms with Gasteiger partial charge < -0.3 is 20.7 Å². The Kier molecular flexibility index (Phi) is 3.13. The third-order valence-electron chi connectivity index (χ3n) is 3.12. The molecule has 1 fully saturated rings. The lowest BCUT2D eigenvalue weighted by Crippen LogP contribution is -2.24. The van der Waals surface area contributed by atoms with Crippen molar-refractivity contribution in [1.29, 1.82) is 0 Å². The molecule has 19 heavy (non-hydrogen) atoms. The third-order valence-corrected chi connectivity index (χ3v) is 3.48. The third kappa shape index (κ3) is 2.08. The summed E-state index contributed by atoms with van der Waals surface area (Å²) in [6.07, 6.45) is 0.139. The van der Waals surface area contributed by atoms with Crippen molar-refractivity contribution in [3.8, 4) is 0 Å². The van der Waals surface area contributed by atoms with Crippen LogP contribution in [0, 0.1) is 0 Å². The number of anilines is 1. The zero-order valence-corrected chi connectivity index (χ0v) is 11.4. The molecule has 3 rings (SSSR count). The molecule has 0 spiro atoms. The first-order valence-electron chi connectivity index (χ1n) is 5.70. The van der Waals surface area contributed by atoms with Crippen LogP contribution >= 0.6 is 15.9 Å². The quantitative estimate of drug-likeness (QED) is 0.653. The van der Waals surface area contributed by atoms with Gasteiger partial charge in [0.05, 0.1) is 19.0 Å². The van der Waals surface area contributed by atoms with Crippen LogP contribution in [-0.4, -0.2) is 48.5 Å². The number of ether oxygens (including phenoxy) is 1. The molecule has 1 aliphatic heterocycles. The summed E-state index contributed by atoms with van der Waals surface area (Å²) in [4.78, 5) is 12.3. The zero-order valence-electron chi connectivity index (χ0n) is 9.77. The van der Waals surface area contributed by atoms with Crippen LogP contribution in [0.5, 0.6) is 0 Å². The Morgan fingerprint density at radius 2 is 2.32 bits per heavy atom. The van der Waals surface area contributed by atoms with Gasteiger partial charge in [-0.05, 0) is 15.9 Å². The average molecular weight is 330 g/mol. The normalized spacial score (nSPS) is 27.2. The smallest absolute Gasteiger partial charge is 0.200 e. The lowest BCUT2D eigenvalue weighted by molar-refractivity contribution is -0.0430. The first-order chi connectivity index (χ1) is 9.10. The van der Waals surface area contributed by atoms with Crippen molar-refractivity contribution < 1.29 is 14.9 Å². The van der Waals surface area contributed by atoms with Crippen molar-refractivity contribution in [2.24, 2.45) is 0 Å². The van der Waals surface area contributed by atoms with E-state index in [0.29, 0.717) is 22.3 Å². The highest BCUT2D eigenvalue weighted by Gasteiger charge is 2.35. The second-order valence-corrected chi connectivity index (χ2v) is 5.03. The van der Waals surface area contributed by atoms with Crippen molar-refractivity contribution >= 4 is 32.9 Å². The molecule has 8 nitrogen and oxygen atoms in total. The van der Waals surface area contributed by atoms with E-state index in [9.17, 15) is 5.11 Å². The molecular formula is C10H12BrN5O3. The minimum absolute atomic E-state index is 0.234. The topological polar surface area (TPSA) is 119 Å². The van der Waals surface area contributed by atoms with Crippen LogP contribution in [-0.2, 0) is 4.74 Å². The monoisotopic (exact) mass is 329 g/mol. The Balaban J connectivity index is 2.03. The number of nitrogen functional groups attached to an aromatic ring is 1. The van der Waals surface area contributed by atoms with Gasteiger partial charge in [-0.2, -0.15) is 0 Å². The standard InChI is InChI=1S/C10H12BrN5O3/c11-10-14-8(12)7-9(15-10)13-3-16(7)6-1-4(18)5(2-17)19-6/h3-6,17-18H,1-2H2,(H2,12,14,15). The van der Waals surface area contributed by atoms with E-state index in [0.717, 1.165) is 0 Å². The molecule has 0 aliphatic carbocycles. The van der Waals surface area contributed by atoms with E-state index in [-0.39, 0.29) is 12.4 Å². The first kappa shape index (κ1) is 12.7. The SMILES string of the molecule is Nc1nc(Br)nc2ncn(C3CC(O)C(CO)O3)c12. The Labute approximate surface area is 116 Å². The summed E-state index contributed by atoms with van der Waals surface area (Å²) < 4.78 is 7.60. The van der Waals surface area contributed by atoms with Gasteiger partial charge in [0, 0.05) is 6.42 Å². The number of nitrogens with zero attached hydrogens (tertiary/aromatic N) is 4. The van der Waals surface area contributed by atoms with Gasteiger partial charge in [-0.3, -0.25) is 4.57 Å². The maximum absolute atomic E-state index is 9.75. The number of hydrogen-bond acceptors (Lipinski definition) is 7. The summed E-state index contributed by atoms with van der Waals surface area (Å²) in [6.45, 7) is -0.234. The molecule has 3 heterocycles. The second kappa shape index (κ2) is 4.67. The lowest BCUT2D eigenvalue weighted by atomic mass is 10.2. The second-order valence-electron chi connectivity index (χ2n) is 4.32. The molecule has 1 saturated heterocycles. The van der Waals surface area contributed by atoms with Crippen LogP contribution in [0.2, 0.25) is 0 Å².